The summed E-state index contributed by atoms with van der Waals surface area (Å²) in [5.41, 5.74) is -0.948. The molecule has 1 aromatic rings. The number of carbonyl (C=O) groups is 1. The van der Waals surface area contributed by atoms with E-state index in [1.54, 1.807) is 0 Å². The lowest BCUT2D eigenvalue weighted by Gasteiger charge is -2.12. The number of hydrogen-bond acceptors (Lipinski definition) is 3. The third-order valence-corrected chi connectivity index (χ3v) is 1.92. The van der Waals surface area contributed by atoms with E-state index in [0.29, 0.717) is 0 Å². The second kappa shape index (κ2) is 4.48. The highest BCUT2D eigenvalue weighted by molar-refractivity contribution is 5.70. The molecule has 5 nitrogen and oxygen atoms in total. The molecular weight excluding hydrogens is 243 g/mol. The van der Waals surface area contributed by atoms with Gasteiger partial charge in [0, 0.05) is 11.6 Å². The third kappa shape index (κ3) is 3.82. The van der Waals surface area contributed by atoms with Crippen molar-refractivity contribution < 1.29 is 27.8 Å². The number of H-pyrrole nitrogens is 1. The average molecular weight is 251 g/mol. The Balaban J connectivity index is 3.19. The molecule has 1 heterocycles. The van der Waals surface area contributed by atoms with Crippen LogP contribution < -0.4 is 10.3 Å². The van der Waals surface area contributed by atoms with E-state index in [4.69, 9.17) is 5.11 Å². The highest BCUT2D eigenvalue weighted by atomic mass is 19.4. The van der Waals surface area contributed by atoms with Gasteiger partial charge in [-0.25, -0.2) is 0 Å². The molecule has 0 unspecified atom stereocenters. The molecule has 0 aromatic carbocycles. The summed E-state index contributed by atoms with van der Waals surface area (Å²) in [7, 11) is 0. The van der Waals surface area contributed by atoms with E-state index in [0.717, 1.165) is 6.07 Å². The maximum Gasteiger partial charge on any atom is 0.574 e. The smallest absolute Gasteiger partial charge is 0.481 e. The van der Waals surface area contributed by atoms with Crippen LogP contribution in [0.25, 0.3) is 0 Å². The zero-order valence-electron chi connectivity index (χ0n) is 8.59. The zero-order chi connectivity index (χ0) is 13.2. The summed E-state index contributed by atoms with van der Waals surface area (Å²) < 4.78 is 39.5. The van der Waals surface area contributed by atoms with E-state index in [9.17, 15) is 22.8 Å². The van der Waals surface area contributed by atoms with E-state index in [2.05, 4.69) is 4.74 Å². The van der Waals surface area contributed by atoms with Crippen LogP contribution in [0.5, 0.6) is 5.88 Å². The number of halogens is 3. The molecule has 0 fully saturated rings. The SMILES string of the molecule is Cc1c(CC(=O)O)cc(=O)[nH]c1OC(F)(F)F. The molecule has 0 spiro atoms. The molecule has 8 heteroatoms. The number of aliphatic carboxylic acids is 1. The van der Waals surface area contributed by atoms with Gasteiger partial charge in [-0.3, -0.25) is 14.6 Å². The van der Waals surface area contributed by atoms with Gasteiger partial charge in [0.1, 0.15) is 0 Å². The molecule has 0 bridgehead atoms. The van der Waals surface area contributed by atoms with Crippen LogP contribution in [0.15, 0.2) is 10.9 Å². The topological polar surface area (TPSA) is 79.4 Å². The number of nitrogens with one attached hydrogen (secondary N) is 1. The Kier molecular flexibility index (Phi) is 3.45. The van der Waals surface area contributed by atoms with Crippen molar-refractivity contribution in [2.75, 3.05) is 0 Å². The average Bonchev–Trinajstić information content (AvgIpc) is 2.09. The Labute approximate surface area is 92.8 Å². The summed E-state index contributed by atoms with van der Waals surface area (Å²) in [5, 5.41) is 8.53. The second-order valence-electron chi connectivity index (χ2n) is 3.23. The maximum absolute atomic E-state index is 12.0. The highest BCUT2D eigenvalue weighted by Gasteiger charge is 2.32. The van der Waals surface area contributed by atoms with Crippen molar-refractivity contribution >= 4 is 5.97 Å². The number of aromatic amines is 1. The molecule has 2 N–H and O–H groups in total. The first-order chi connectivity index (χ1) is 7.69. The third-order valence-electron chi connectivity index (χ3n) is 1.92. The Morgan fingerprint density at radius 3 is 2.59 bits per heavy atom. The Bertz CT molecular complexity index is 492. The number of carboxylic acids is 1. The molecule has 0 saturated heterocycles. The van der Waals surface area contributed by atoms with E-state index in [1.807, 2.05) is 4.98 Å². The van der Waals surface area contributed by atoms with Gasteiger partial charge in [-0.1, -0.05) is 0 Å². The van der Waals surface area contributed by atoms with Gasteiger partial charge >= 0.3 is 12.3 Å². The van der Waals surface area contributed by atoms with Gasteiger partial charge in [0.2, 0.25) is 5.88 Å². The molecule has 0 aliphatic carbocycles. The van der Waals surface area contributed by atoms with Crippen LogP contribution in [0.1, 0.15) is 11.1 Å². The fourth-order valence-electron chi connectivity index (χ4n) is 1.22. The number of rotatable bonds is 3. The molecule has 0 amide bonds. The first-order valence-corrected chi connectivity index (χ1v) is 4.39. The van der Waals surface area contributed by atoms with Gasteiger partial charge in [0.15, 0.2) is 0 Å². The first-order valence-electron chi connectivity index (χ1n) is 4.39. The summed E-state index contributed by atoms with van der Waals surface area (Å²) in [6, 6.07) is 0.923. The summed E-state index contributed by atoms with van der Waals surface area (Å²) in [6.45, 7) is 1.23. The van der Waals surface area contributed by atoms with Crippen molar-refractivity contribution in [1.29, 1.82) is 0 Å². The van der Waals surface area contributed by atoms with Gasteiger partial charge in [0.05, 0.1) is 6.42 Å². The van der Waals surface area contributed by atoms with Crippen molar-refractivity contribution in [3.05, 3.63) is 27.5 Å². The van der Waals surface area contributed by atoms with Crippen LogP contribution >= 0.6 is 0 Å². The number of aromatic nitrogens is 1. The summed E-state index contributed by atoms with van der Waals surface area (Å²) >= 11 is 0. The maximum atomic E-state index is 12.0. The van der Waals surface area contributed by atoms with E-state index in [1.165, 1.54) is 6.92 Å². The predicted molar refractivity (Wildman–Crippen MR) is 49.8 cm³/mol. The fraction of sp³-hybridized carbons (Fsp3) is 0.333. The number of pyridine rings is 1. The van der Waals surface area contributed by atoms with Crippen LogP contribution in [0.2, 0.25) is 0 Å². The van der Waals surface area contributed by atoms with Crippen molar-refractivity contribution in [1.82, 2.24) is 4.98 Å². The molecule has 1 aromatic heterocycles. The number of ether oxygens (including phenoxy) is 1. The van der Waals surface area contributed by atoms with E-state index < -0.39 is 30.2 Å². The predicted octanol–water partition coefficient (Wildman–Crippen LogP) is 1.21. The standard InChI is InChI=1S/C9H8F3NO4/c1-4-5(3-7(15)16)2-6(14)13-8(4)17-9(10,11)12/h2H,3H2,1H3,(H,13,14)(H,15,16). The van der Waals surface area contributed by atoms with Crippen molar-refractivity contribution in [3.63, 3.8) is 0 Å². The van der Waals surface area contributed by atoms with Gasteiger partial charge in [-0.2, -0.15) is 0 Å². The first kappa shape index (κ1) is 13.1. The summed E-state index contributed by atoms with van der Waals surface area (Å²) in [4.78, 5) is 23.3. The van der Waals surface area contributed by atoms with Crippen LogP contribution in [-0.2, 0) is 11.2 Å². The normalized spacial score (nSPS) is 11.3. The molecule has 0 aliphatic rings. The van der Waals surface area contributed by atoms with Gasteiger partial charge in [0.25, 0.3) is 5.56 Å². The lowest BCUT2D eigenvalue weighted by atomic mass is 10.1. The van der Waals surface area contributed by atoms with Crippen molar-refractivity contribution in [2.45, 2.75) is 19.7 Å². The Morgan fingerprint density at radius 2 is 2.12 bits per heavy atom. The van der Waals surface area contributed by atoms with Crippen LogP contribution in [0.4, 0.5) is 13.2 Å². The Morgan fingerprint density at radius 1 is 1.53 bits per heavy atom. The minimum atomic E-state index is -4.95. The van der Waals surface area contributed by atoms with Crippen molar-refractivity contribution in [2.24, 2.45) is 0 Å². The fourth-order valence-corrected chi connectivity index (χ4v) is 1.22. The molecule has 17 heavy (non-hydrogen) atoms. The van der Waals surface area contributed by atoms with Crippen LogP contribution in [0.3, 0.4) is 0 Å². The second-order valence-corrected chi connectivity index (χ2v) is 3.23. The molecule has 0 atom stereocenters. The van der Waals surface area contributed by atoms with Crippen LogP contribution in [0, 0.1) is 6.92 Å². The van der Waals surface area contributed by atoms with Crippen LogP contribution in [-0.4, -0.2) is 22.4 Å². The number of hydrogen-bond donors (Lipinski definition) is 2. The zero-order valence-corrected chi connectivity index (χ0v) is 8.59. The molecule has 0 saturated carbocycles. The van der Waals surface area contributed by atoms with E-state index >= 15 is 0 Å². The van der Waals surface area contributed by atoms with Gasteiger partial charge < -0.3 is 9.84 Å². The molecule has 1 rings (SSSR count). The molecule has 94 valence electrons. The van der Waals surface area contributed by atoms with Gasteiger partial charge in [-0.05, 0) is 12.5 Å². The minimum absolute atomic E-state index is 0.0273. The van der Waals surface area contributed by atoms with E-state index in [-0.39, 0.29) is 11.1 Å². The summed E-state index contributed by atoms with van der Waals surface area (Å²) in [5.74, 6) is -2.04. The highest BCUT2D eigenvalue weighted by Crippen LogP contribution is 2.24. The number of carboxylic acid groups (broad SMARTS) is 1. The molecule has 0 radical (unpaired) electrons. The molecule has 0 aliphatic heterocycles. The monoisotopic (exact) mass is 251 g/mol. The summed E-state index contributed by atoms with van der Waals surface area (Å²) in [6.07, 6.45) is -5.50. The number of alkyl halides is 3. The minimum Gasteiger partial charge on any atom is -0.481 e. The lowest BCUT2D eigenvalue weighted by molar-refractivity contribution is -0.276. The van der Waals surface area contributed by atoms with Gasteiger partial charge in [-0.15, -0.1) is 13.2 Å². The largest absolute Gasteiger partial charge is 0.574 e. The molecular formula is C9H8F3NO4. The van der Waals surface area contributed by atoms with Crippen molar-refractivity contribution in [3.8, 4) is 5.88 Å². The quantitative estimate of drug-likeness (QED) is 0.846. The Hall–Kier alpha value is -1.99. The lowest BCUT2D eigenvalue weighted by Crippen LogP contribution is -2.22.